The van der Waals surface area contributed by atoms with Crippen molar-refractivity contribution in [3.63, 3.8) is 0 Å². The molecular formula is C24H26N2O4. The fourth-order valence-electron chi connectivity index (χ4n) is 4.33. The van der Waals surface area contributed by atoms with Gasteiger partial charge in [-0.15, -0.1) is 0 Å². The molecule has 30 heavy (non-hydrogen) atoms. The van der Waals surface area contributed by atoms with Crippen molar-refractivity contribution in [3.05, 3.63) is 53.2 Å². The molecule has 1 aliphatic carbocycles. The fraction of sp³-hybridized carbons (Fsp3) is 0.333. The number of rotatable bonds is 6. The summed E-state index contributed by atoms with van der Waals surface area (Å²) in [6, 6.07) is 10.9. The second-order valence-electron chi connectivity index (χ2n) is 7.72. The van der Waals surface area contributed by atoms with E-state index in [1.165, 1.54) is 14.2 Å². The van der Waals surface area contributed by atoms with Gasteiger partial charge < -0.3 is 19.8 Å². The number of fused-ring (bicyclic) bond motifs is 1. The molecule has 0 unspecified atom stereocenters. The number of ether oxygens (including phenoxy) is 2. The molecule has 1 aliphatic rings. The second kappa shape index (κ2) is 8.22. The highest BCUT2D eigenvalue weighted by molar-refractivity contribution is 6.20. The predicted octanol–water partition coefficient (Wildman–Crippen LogP) is 4.85. The molecule has 3 aromatic rings. The number of aromatic nitrogens is 1. The summed E-state index contributed by atoms with van der Waals surface area (Å²) in [4.78, 5) is 29.4. The van der Waals surface area contributed by atoms with Gasteiger partial charge in [-0.1, -0.05) is 18.9 Å². The molecule has 0 bridgehead atoms. The molecular weight excluding hydrogens is 380 g/mol. The Kier molecular flexibility index (Phi) is 5.48. The van der Waals surface area contributed by atoms with Crippen LogP contribution in [0.15, 0.2) is 36.4 Å². The molecule has 6 heteroatoms. The van der Waals surface area contributed by atoms with Crippen molar-refractivity contribution in [3.8, 4) is 11.5 Å². The van der Waals surface area contributed by atoms with E-state index >= 15 is 0 Å². The van der Waals surface area contributed by atoms with Gasteiger partial charge in [-0.3, -0.25) is 9.59 Å². The molecule has 1 saturated carbocycles. The number of hydrogen-bond donors (Lipinski definition) is 2. The quantitative estimate of drug-likeness (QED) is 0.573. The van der Waals surface area contributed by atoms with Crippen LogP contribution in [0.2, 0.25) is 0 Å². The summed E-state index contributed by atoms with van der Waals surface area (Å²) < 4.78 is 10.8. The van der Waals surface area contributed by atoms with Gasteiger partial charge >= 0.3 is 0 Å². The number of ketones is 1. The lowest BCUT2D eigenvalue weighted by atomic mass is 9.98. The first kappa shape index (κ1) is 20.0. The smallest absolute Gasteiger partial charge is 0.227 e. The Morgan fingerprint density at radius 2 is 1.67 bits per heavy atom. The topological polar surface area (TPSA) is 80.4 Å². The number of amides is 1. The lowest BCUT2D eigenvalue weighted by Crippen LogP contribution is -2.20. The summed E-state index contributed by atoms with van der Waals surface area (Å²) in [5.41, 5.74) is 3.21. The van der Waals surface area contributed by atoms with Crippen LogP contribution in [0.1, 0.15) is 47.3 Å². The number of H-pyrrole nitrogens is 1. The Labute approximate surface area is 175 Å². The van der Waals surface area contributed by atoms with E-state index in [1.54, 1.807) is 18.2 Å². The summed E-state index contributed by atoms with van der Waals surface area (Å²) in [6.07, 6.45) is 4.09. The van der Waals surface area contributed by atoms with Crippen LogP contribution in [-0.2, 0) is 4.79 Å². The standard InChI is InChI=1S/C24H26N2O4/c1-14-21(23(27)22-19(29-2)9-6-10-20(22)30-3)17-13-16(11-12-18(17)25-14)26-24(28)15-7-4-5-8-15/h6,9-13,15,25H,4-5,7-8H2,1-3H3,(H,26,28). The maximum atomic E-state index is 13.6. The summed E-state index contributed by atoms with van der Waals surface area (Å²) in [7, 11) is 3.06. The van der Waals surface area contributed by atoms with Crippen LogP contribution < -0.4 is 14.8 Å². The highest BCUT2D eigenvalue weighted by atomic mass is 16.5. The molecule has 1 fully saturated rings. The van der Waals surface area contributed by atoms with E-state index in [4.69, 9.17) is 9.47 Å². The van der Waals surface area contributed by atoms with Gasteiger partial charge in [0.25, 0.3) is 0 Å². The van der Waals surface area contributed by atoms with E-state index in [-0.39, 0.29) is 17.6 Å². The van der Waals surface area contributed by atoms with E-state index in [0.29, 0.717) is 28.3 Å². The predicted molar refractivity (Wildman–Crippen MR) is 117 cm³/mol. The maximum Gasteiger partial charge on any atom is 0.227 e. The van der Waals surface area contributed by atoms with Gasteiger partial charge in [0.1, 0.15) is 17.1 Å². The number of nitrogens with one attached hydrogen (secondary N) is 2. The Balaban J connectivity index is 1.75. The average molecular weight is 406 g/mol. The lowest BCUT2D eigenvalue weighted by Gasteiger charge is -2.13. The van der Waals surface area contributed by atoms with Crippen LogP contribution >= 0.6 is 0 Å². The molecule has 1 amide bonds. The monoisotopic (exact) mass is 406 g/mol. The Hall–Kier alpha value is -3.28. The van der Waals surface area contributed by atoms with Crippen LogP contribution in [0.5, 0.6) is 11.5 Å². The third-order valence-corrected chi connectivity index (χ3v) is 5.86. The molecule has 156 valence electrons. The SMILES string of the molecule is COc1cccc(OC)c1C(=O)c1c(C)[nH]c2ccc(NC(=O)C3CCCC3)cc12. The zero-order chi connectivity index (χ0) is 21.3. The van der Waals surface area contributed by atoms with E-state index in [9.17, 15) is 9.59 Å². The molecule has 4 rings (SSSR count). The Morgan fingerprint density at radius 1 is 1.00 bits per heavy atom. The molecule has 0 spiro atoms. The largest absolute Gasteiger partial charge is 0.496 e. The Bertz CT molecular complexity index is 1090. The first-order chi connectivity index (χ1) is 14.5. The average Bonchev–Trinajstić information content (AvgIpc) is 3.40. The number of aromatic amines is 1. The van der Waals surface area contributed by atoms with Gasteiger partial charge in [-0.25, -0.2) is 0 Å². The van der Waals surface area contributed by atoms with Crippen molar-refractivity contribution < 1.29 is 19.1 Å². The number of methoxy groups -OCH3 is 2. The molecule has 1 heterocycles. The van der Waals surface area contributed by atoms with Crippen molar-refractivity contribution in [2.24, 2.45) is 5.92 Å². The number of anilines is 1. The number of benzene rings is 2. The minimum absolute atomic E-state index is 0.0541. The van der Waals surface area contributed by atoms with Gasteiger partial charge in [0, 0.05) is 28.2 Å². The van der Waals surface area contributed by atoms with Crippen LogP contribution in [0, 0.1) is 12.8 Å². The summed E-state index contributed by atoms with van der Waals surface area (Å²) >= 11 is 0. The van der Waals surface area contributed by atoms with Gasteiger partial charge in [-0.2, -0.15) is 0 Å². The van der Waals surface area contributed by atoms with E-state index in [0.717, 1.165) is 42.3 Å². The number of hydrogen-bond acceptors (Lipinski definition) is 4. The summed E-state index contributed by atoms with van der Waals surface area (Å²) in [6.45, 7) is 1.87. The van der Waals surface area contributed by atoms with Gasteiger partial charge in [0.2, 0.25) is 11.7 Å². The minimum Gasteiger partial charge on any atom is -0.496 e. The highest BCUT2D eigenvalue weighted by Crippen LogP contribution is 2.35. The van der Waals surface area contributed by atoms with Crippen LogP contribution in [0.3, 0.4) is 0 Å². The van der Waals surface area contributed by atoms with Crippen LogP contribution in [0.25, 0.3) is 10.9 Å². The number of carbonyl (C=O) groups is 2. The maximum absolute atomic E-state index is 13.6. The lowest BCUT2D eigenvalue weighted by molar-refractivity contribution is -0.119. The zero-order valence-electron chi connectivity index (χ0n) is 17.5. The van der Waals surface area contributed by atoms with Gasteiger partial charge in [0.05, 0.1) is 19.8 Å². The molecule has 6 nitrogen and oxygen atoms in total. The number of carbonyl (C=O) groups excluding carboxylic acids is 2. The van der Waals surface area contributed by atoms with E-state index in [1.807, 2.05) is 25.1 Å². The summed E-state index contributed by atoms with van der Waals surface area (Å²) in [5, 5.41) is 3.78. The normalized spacial score (nSPS) is 14.1. The molecule has 0 atom stereocenters. The first-order valence-electron chi connectivity index (χ1n) is 10.2. The summed E-state index contributed by atoms with van der Waals surface area (Å²) in [5.74, 6) is 0.857. The third-order valence-electron chi connectivity index (χ3n) is 5.86. The molecule has 2 N–H and O–H groups in total. The molecule has 2 aromatic carbocycles. The molecule has 0 saturated heterocycles. The second-order valence-corrected chi connectivity index (χ2v) is 7.72. The molecule has 0 radical (unpaired) electrons. The van der Waals surface area contributed by atoms with Crippen LogP contribution in [0.4, 0.5) is 5.69 Å². The Morgan fingerprint density at radius 3 is 2.30 bits per heavy atom. The number of aryl methyl sites for hydroxylation is 1. The van der Waals surface area contributed by atoms with Crippen LogP contribution in [-0.4, -0.2) is 30.9 Å². The third kappa shape index (κ3) is 3.54. The van der Waals surface area contributed by atoms with Gasteiger partial charge in [-0.05, 0) is 50.1 Å². The van der Waals surface area contributed by atoms with Crippen molar-refractivity contribution >= 4 is 28.3 Å². The molecule has 0 aliphatic heterocycles. The molecule has 1 aromatic heterocycles. The van der Waals surface area contributed by atoms with Crippen molar-refractivity contribution in [1.82, 2.24) is 4.98 Å². The fourth-order valence-corrected chi connectivity index (χ4v) is 4.33. The zero-order valence-corrected chi connectivity index (χ0v) is 17.5. The van der Waals surface area contributed by atoms with Crippen molar-refractivity contribution in [1.29, 1.82) is 0 Å². The minimum atomic E-state index is -0.188. The van der Waals surface area contributed by atoms with E-state index in [2.05, 4.69) is 10.3 Å². The highest BCUT2D eigenvalue weighted by Gasteiger charge is 2.26. The van der Waals surface area contributed by atoms with E-state index < -0.39 is 0 Å². The van der Waals surface area contributed by atoms with Gasteiger partial charge in [0.15, 0.2) is 0 Å². The van der Waals surface area contributed by atoms with Crippen molar-refractivity contribution in [2.45, 2.75) is 32.6 Å². The van der Waals surface area contributed by atoms with Crippen molar-refractivity contribution in [2.75, 3.05) is 19.5 Å². The first-order valence-corrected chi connectivity index (χ1v) is 10.2.